The van der Waals surface area contributed by atoms with E-state index in [1.807, 2.05) is 60.7 Å². The van der Waals surface area contributed by atoms with Gasteiger partial charge in [-0.05, 0) is 53.6 Å². The molecular formula is C24H22N2O3. The van der Waals surface area contributed by atoms with Crippen molar-refractivity contribution in [3.63, 3.8) is 0 Å². The zero-order valence-corrected chi connectivity index (χ0v) is 16.3. The van der Waals surface area contributed by atoms with Crippen LogP contribution in [0.3, 0.4) is 0 Å². The van der Waals surface area contributed by atoms with Crippen molar-refractivity contribution in [2.24, 2.45) is 0 Å². The fourth-order valence-electron chi connectivity index (χ4n) is 2.80. The second-order valence-corrected chi connectivity index (χ2v) is 6.41. The molecule has 0 aromatic heterocycles. The Hall–Kier alpha value is -3.86. The molecule has 0 fully saturated rings. The zero-order chi connectivity index (χ0) is 20.6. The van der Waals surface area contributed by atoms with Gasteiger partial charge in [0.05, 0.1) is 7.11 Å². The van der Waals surface area contributed by atoms with Gasteiger partial charge in [-0.3, -0.25) is 9.59 Å². The van der Waals surface area contributed by atoms with Crippen molar-refractivity contribution in [1.82, 2.24) is 0 Å². The Morgan fingerprint density at radius 1 is 0.793 bits per heavy atom. The van der Waals surface area contributed by atoms with E-state index in [0.29, 0.717) is 16.9 Å². The van der Waals surface area contributed by atoms with Crippen molar-refractivity contribution < 1.29 is 14.3 Å². The van der Waals surface area contributed by atoms with Crippen molar-refractivity contribution in [3.05, 3.63) is 90.0 Å². The Bertz CT molecular complexity index is 1010. The molecule has 0 aliphatic heterocycles. The van der Waals surface area contributed by atoms with Gasteiger partial charge < -0.3 is 15.4 Å². The number of ether oxygens (including phenoxy) is 1. The standard InChI is InChI=1S/C24H22N2O3/c1-17(27)25-20-10-12-21(13-11-20)26-24(28)23(19-6-4-3-5-7-19)16-18-8-14-22(29-2)15-9-18/h3-16H,1-2H3,(H,25,27)(H,26,28)/b23-16+. The molecule has 0 unspecified atom stereocenters. The van der Waals surface area contributed by atoms with Crippen molar-refractivity contribution in [1.29, 1.82) is 0 Å². The fourth-order valence-corrected chi connectivity index (χ4v) is 2.80. The lowest BCUT2D eigenvalue weighted by Crippen LogP contribution is -2.14. The van der Waals surface area contributed by atoms with Crippen LogP contribution in [0.4, 0.5) is 11.4 Å². The lowest BCUT2D eigenvalue weighted by atomic mass is 10.0. The molecule has 0 radical (unpaired) electrons. The Morgan fingerprint density at radius 2 is 1.38 bits per heavy atom. The maximum Gasteiger partial charge on any atom is 0.256 e. The first kappa shape index (κ1) is 19.9. The number of hydrogen-bond donors (Lipinski definition) is 2. The van der Waals surface area contributed by atoms with E-state index in [-0.39, 0.29) is 11.8 Å². The predicted octanol–water partition coefficient (Wildman–Crippen LogP) is 4.83. The van der Waals surface area contributed by atoms with Gasteiger partial charge in [-0.15, -0.1) is 0 Å². The molecule has 5 heteroatoms. The second kappa shape index (κ2) is 9.37. The van der Waals surface area contributed by atoms with Crippen LogP contribution in [0, 0.1) is 0 Å². The molecule has 146 valence electrons. The first-order valence-electron chi connectivity index (χ1n) is 9.15. The average Bonchev–Trinajstić information content (AvgIpc) is 2.74. The third kappa shape index (κ3) is 5.56. The van der Waals surface area contributed by atoms with Gasteiger partial charge in [0, 0.05) is 23.9 Å². The van der Waals surface area contributed by atoms with Crippen LogP contribution in [0.1, 0.15) is 18.1 Å². The Labute approximate surface area is 170 Å². The summed E-state index contributed by atoms with van der Waals surface area (Å²) in [6, 6.07) is 24.0. The van der Waals surface area contributed by atoms with Crippen LogP contribution in [0.25, 0.3) is 11.6 Å². The van der Waals surface area contributed by atoms with Crippen LogP contribution in [0.15, 0.2) is 78.9 Å². The quantitative estimate of drug-likeness (QED) is 0.471. The minimum atomic E-state index is -0.223. The summed E-state index contributed by atoms with van der Waals surface area (Å²) in [4.78, 5) is 24.2. The highest BCUT2D eigenvalue weighted by molar-refractivity contribution is 6.29. The molecule has 0 aliphatic rings. The van der Waals surface area contributed by atoms with Crippen molar-refractivity contribution in [2.75, 3.05) is 17.7 Å². The van der Waals surface area contributed by atoms with Gasteiger partial charge in [0.25, 0.3) is 5.91 Å². The smallest absolute Gasteiger partial charge is 0.256 e. The van der Waals surface area contributed by atoms with E-state index in [1.165, 1.54) is 6.92 Å². The first-order valence-corrected chi connectivity index (χ1v) is 9.15. The van der Waals surface area contributed by atoms with E-state index in [1.54, 1.807) is 31.4 Å². The summed E-state index contributed by atoms with van der Waals surface area (Å²) in [7, 11) is 1.62. The summed E-state index contributed by atoms with van der Waals surface area (Å²) in [6.07, 6.45) is 1.84. The summed E-state index contributed by atoms with van der Waals surface area (Å²) < 4.78 is 5.19. The Kier molecular flexibility index (Phi) is 6.43. The molecular weight excluding hydrogens is 364 g/mol. The molecule has 0 saturated heterocycles. The molecule has 0 aliphatic carbocycles. The third-order valence-electron chi connectivity index (χ3n) is 4.22. The normalized spacial score (nSPS) is 10.9. The van der Waals surface area contributed by atoms with Gasteiger partial charge in [-0.2, -0.15) is 0 Å². The van der Waals surface area contributed by atoms with Gasteiger partial charge in [0.2, 0.25) is 5.91 Å². The van der Waals surface area contributed by atoms with E-state index < -0.39 is 0 Å². The molecule has 0 heterocycles. The molecule has 3 aromatic carbocycles. The van der Waals surface area contributed by atoms with Crippen molar-refractivity contribution in [3.8, 4) is 5.75 Å². The van der Waals surface area contributed by atoms with Gasteiger partial charge in [-0.1, -0.05) is 42.5 Å². The lowest BCUT2D eigenvalue weighted by Gasteiger charge is -2.11. The summed E-state index contributed by atoms with van der Waals surface area (Å²) in [5, 5.41) is 5.62. The molecule has 0 bridgehead atoms. The van der Waals surface area contributed by atoms with Crippen LogP contribution in [-0.2, 0) is 9.59 Å². The number of methoxy groups -OCH3 is 1. The first-order chi connectivity index (χ1) is 14.0. The highest BCUT2D eigenvalue weighted by Gasteiger charge is 2.13. The number of amides is 2. The number of carbonyl (C=O) groups is 2. The van der Waals surface area contributed by atoms with Gasteiger partial charge in [-0.25, -0.2) is 0 Å². The van der Waals surface area contributed by atoms with Crippen LogP contribution >= 0.6 is 0 Å². The Balaban J connectivity index is 1.86. The monoisotopic (exact) mass is 386 g/mol. The van der Waals surface area contributed by atoms with Gasteiger partial charge >= 0.3 is 0 Å². The van der Waals surface area contributed by atoms with E-state index in [9.17, 15) is 9.59 Å². The van der Waals surface area contributed by atoms with Crippen LogP contribution < -0.4 is 15.4 Å². The number of rotatable bonds is 6. The largest absolute Gasteiger partial charge is 0.497 e. The number of benzene rings is 3. The predicted molar refractivity (Wildman–Crippen MR) is 117 cm³/mol. The van der Waals surface area contributed by atoms with Crippen molar-refractivity contribution >= 4 is 34.8 Å². The van der Waals surface area contributed by atoms with E-state index in [4.69, 9.17) is 4.74 Å². The van der Waals surface area contributed by atoms with Crippen LogP contribution in [-0.4, -0.2) is 18.9 Å². The van der Waals surface area contributed by atoms with Gasteiger partial charge in [0.1, 0.15) is 5.75 Å². The minimum absolute atomic E-state index is 0.143. The molecule has 2 amide bonds. The summed E-state index contributed by atoms with van der Waals surface area (Å²) >= 11 is 0. The number of carbonyl (C=O) groups excluding carboxylic acids is 2. The van der Waals surface area contributed by atoms with Crippen LogP contribution in [0.2, 0.25) is 0 Å². The molecule has 0 spiro atoms. The van der Waals surface area contributed by atoms with E-state index >= 15 is 0 Å². The average molecular weight is 386 g/mol. The number of hydrogen-bond acceptors (Lipinski definition) is 3. The summed E-state index contributed by atoms with van der Waals surface area (Å²) in [5.74, 6) is 0.391. The molecule has 2 N–H and O–H groups in total. The van der Waals surface area contributed by atoms with Crippen molar-refractivity contribution in [2.45, 2.75) is 6.92 Å². The molecule has 0 saturated carbocycles. The molecule has 5 nitrogen and oxygen atoms in total. The maximum atomic E-state index is 13.0. The highest BCUT2D eigenvalue weighted by Crippen LogP contribution is 2.22. The molecule has 0 atom stereocenters. The number of anilines is 2. The molecule has 29 heavy (non-hydrogen) atoms. The SMILES string of the molecule is COc1ccc(/C=C(/C(=O)Nc2ccc(NC(C)=O)cc2)c2ccccc2)cc1. The fraction of sp³-hybridized carbons (Fsp3) is 0.0833. The summed E-state index contributed by atoms with van der Waals surface area (Å²) in [5.41, 5.74) is 3.56. The van der Waals surface area contributed by atoms with E-state index in [0.717, 1.165) is 16.9 Å². The van der Waals surface area contributed by atoms with E-state index in [2.05, 4.69) is 10.6 Å². The highest BCUT2D eigenvalue weighted by atomic mass is 16.5. The lowest BCUT2D eigenvalue weighted by molar-refractivity contribution is -0.114. The van der Waals surface area contributed by atoms with Gasteiger partial charge in [0.15, 0.2) is 0 Å². The molecule has 3 aromatic rings. The summed E-state index contributed by atoms with van der Waals surface area (Å²) in [6.45, 7) is 1.45. The topological polar surface area (TPSA) is 67.4 Å². The third-order valence-corrected chi connectivity index (χ3v) is 4.22. The second-order valence-electron chi connectivity index (χ2n) is 6.41. The number of nitrogens with one attached hydrogen (secondary N) is 2. The maximum absolute atomic E-state index is 13.0. The minimum Gasteiger partial charge on any atom is -0.497 e. The molecule has 3 rings (SSSR count). The zero-order valence-electron chi connectivity index (χ0n) is 16.3. The Morgan fingerprint density at radius 3 is 1.93 bits per heavy atom. The van der Waals surface area contributed by atoms with Crippen LogP contribution in [0.5, 0.6) is 5.75 Å².